The standard InChI is InChI=1S/C19H16Cl3N3O2/c1-25(18(26)9-7-12-6-8-15(21)16(22)10-12)11-17-23-19(24-27-17)13-4-2-3-5-14(13)20/h2-6,8,10H,7,9,11H2,1H3. The van der Waals surface area contributed by atoms with Crippen LogP contribution in [0.5, 0.6) is 0 Å². The summed E-state index contributed by atoms with van der Waals surface area (Å²) in [4.78, 5) is 18.2. The van der Waals surface area contributed by atoms with Crippen molar-refractivity contribution in [1.29, 1.82) is 0 Å². The molecule has 0 saturated heterocycles. The Kier molecular flexibility index (Phi) is 6.37. The Bertz CT molecular complexity index is 959. The number of rotatable bonds is 6. The first-order chi connectivity index (χ1) is 12.9. The molecule has 8 heteroatoms. The van der Waals surface area contributed by atoms with Gasteiger partial charge in [-0.25, -0.2) is 0 Å². The lowest BCUT2D eigenvalue weighted by Crippen LogP contribution is -2.26. The number of carbonyl (C=O) groups is 1. The van der Waals surface area contributed by atoms with Crippen LogP contribution in [0, 0.1) is 0 Å². The quantitative estimate of drug-likeness (QED) is 0.539. The maximum atomic E-state index is 12.4. The second-order valence-electron chi connectivity index (χ2n) is 5.99. The van der Waals surface area contributed by atoms with Crippen LogP contribution in [0.15, 0.2) is 47.0 Å². The number of nitrogens with zero attached hydrogens (tertiary/aromatic N) is 3. The largest absolute Gasteiger partial charge is 0.337 e. The molecule has 1 aromatic heterocycles. The van der Waals surface area contributed by atoms with Crippen LogP contribution >= 0.6 is 34.8 Å². The number of benzene rings is 2. The van der Waals surface area contributed by atoms with E-state index in [2.05, 4.69) is 10.1 Å². The van der Waals surface area contributed by atoms with Crippen LogP contribution in [0.2, 0.25) is 15.1 Å². The minimum Gasteiger partial charge on any atom is -0.337 e. The highest BCUT2D eigenvalue weighted by Crippen LogP contribution is 2.25. The van der Waals surface area contributed by atoms with Crippen LogP contribution in [0.4, 0.5) is 0 Å². The minimum absolute atomic E-state index is 0.0430. The predicted molar refractivity (Wildman–Crippen MR) is 106 cm³/mol. The Labute approximate surface area is 171 Å². The zero-order valence-corrected chi connectivity index (χ0v) is 16.7. The van der Waals surface area contributed by atoms with Crippen molar-refractivity contribution in [3.63, 3.8) is 0 Å². The number of aromatic nitrogens is 2. The number of carbonyl (C=O) groups excluding carboxylic acids is 1. The minimum atomic E-state index is -0.0430. The molecule has 1 heterocycles. The van der Waals surface area contributed by atoms with Gasteiger partial charge in [0.25, 0.3) is 0 Å². The van der Waals surface area contributed by atoms with Gasteiger partial charge in [-0.1, -0.05) is 58.2 Å². The molecule has 2 aromatic carbocycles. The fourth-order valence-corrected chi connectivity index (χ4v) is 3.04. The highest BCUT2D eigenvalue weighted by Gasteiger charge is 2.16. The molecule has 0 saturated carbocycles. The van der Waals surface area contributed by atoms with Crippen molar-refractivity contribution in [2.75, 3.05) is 7.05 Å². The van der Waals surface area contributed by atoms with Gasteiger partial charge in [0.05, 0.1) is 21.6 Å². The van der Waals surface area contributed by atoms with Crippen LogP contribution in [0.1, 0.15) is 17.9 Å². The van der Waals surface area contributed by atoms with Crippen LogP contribution in [0.25, 0.3) is 11.4 Å². The Hall–Kier alpha value is -2.08. The lowest BCUT2D eigenvalue weighted by molar-refractivity contribution is -0.130. The van der Waals surface area contributed by atoms with Crippen molar-refractivity contribution < 1.29 is 9.32 Å². The molecule has 3 aromatic rings. The molecule has 3 rings (SSSR count). The molecule has 0 unspecified atom stereocenters. The molecule has 5 nitrogen and oxygen atoms in total. The molecular formula is C19H16Cl3N3O2. The summed E-state index contributed by atoms with van der Waals surface area (Å²) >= 11 is 18.0. The summed E-state index contributed by atoms with van der Waals surface area (Å²) < 4.78 is 5.24. The summed E-state index contributed by atoms with van der Waals surface area (Å²) in [6, 6.07) is 12.6. The fourth-order valence-electron chi connectivity index (χ4n) is 2.50. The van der Waals surface area contributed by atoms with Crippen molar-refractivity contribution in [3.05, 3.63) is 69.0 Å². The van der Waals surface area contributed by atoms with Crippen LogP contribution in [-0.2, 0) is 17.8 Å². The van der Waals surface area contributed by atoms with Crippen molar-refractivity contribution in [2.45, 2.75) is 19.4 Å². The van der Waals surface area contributed by atoms with Crippen LogP contribution in [0.3, 0.4) is 0 Å². The second kappa shape index (κ2) is 8.74. The normalized spacial score (nSPS) is 10.8. The summed E-state index contributed by atoms with van der Waals surface area (Å²) in [5.74, 6) is 0.695. The lowest BCUT2D eigenvalue weighted by atomic mass is 10.1. The third kappa shape index (κ3) is 5.01. The van der Waals surface area contributed by atoms with Gasteiger partial charge in [-0.2, -0.15) is 4.98 Å². The Balaban J connectivity index is 1.58. The highest BCUT2D eigenvalue weighted by molar-refractivity contribution is 6.42. The SMILES string of the molecule is CN(Cc1nc(-c2ccccc2Cl)no1)C(=O)CCc1ccc(Cl)c(Cl)c1. The molecule has 0 radical (unpaired) electrons. The molecular weight excluding hydrogens is 409 g/mol. The predicted octanol–water partition coefficient (Wildman–Crippen LogP) is 5.29. The van der Waals surface area contributed by atoms with Crippen molar-refractivity contribution >= 4 is 40.7 Å². The number of hydrogen-bond acceptors (Lipinski definition) is 4. The number of hydrogen-bond donors (Lipinski definition) is 0. The van der Waals surface area contributed by atoms with Crippen LogP contribution < -0.4 is 0 Å². The first-order valence-electron chi connectivity index (χ1n) is 8.19. The molecule has 27 heavy (non-hydrogen) atoms. The Morgan fingerprint density at radius 2 is 1.85 bits per heavy atom. The molecule has 0 spiro atoms. The van der Waals surface area contributed by atoms with Gasteiger partial charge in [-0.05, 0) is 36.2 Å². The molecule has 0 atom stereocenters. The van der Waals surface area contributed by atoms with E-state index in [0.717, 1.165) is 5.56 Å². The summed E-state index contributed by atoms with van der Waals surface area (Å²) in [5, 5.41) is 5.45. The van der Waals surface area contributed by atoms with Crippen molar-refractivity contribution in [1.82, 2.24) is 15.0 Å². The molecule has 0 aliphatic rings. The average Bonchev–Trinajstić information content (AvgIpc) is 3.11. The zero-order valence-electron chi connectivity index (χ0n) is 14.5. The molecule has 0 fully saturated rings. The van der Waals surface area contributed by atoms with E-state index in [9.17, 15) is 4.79 Å². The summed E-state index contributed by atoms with van der Waals surface area (Å²) in [7, 11) is 1.69. The van der Waals surface area contributed by atoms with Crippen molar-refractivity contribution in [2.24, 2.45) is 0 Å². The van der Waals surface area contributed by atoms with E-state index in [-0.39, 0.29) is 12.5 Å². The number of aryl methyl sites for hydroxylation is 1. The molecule has 0 aliphatic heterocycles. The second-order valence-corrected chi connectivity index (χ2v) is 7.21. The molecule has 140 valence electrons. The van der Waals surface area contributed by atoms with Gasteiger partial charge in [-0.3, -0.25) is 4.79 Å². The zero-order chi connectivity index (χ0) is 19.4. The molecule has 0 aliphatic carbocycles. The first kappa shape index (κ1) is 19.7. The monoisotopic (exact) mass is 423 g/mol. The van der Waals surface area contributed by atoms with E-state index < -0.39 is 0 Å². The topological polar surface area (TPSA) is 59.2 Å². The highest BCUT2D eigenvalue weighted by atomic mass is 35.5. The Morgan fingerprint density at radius 3 is 2.59 bits per heavy atom. The Morgan fingerprint density at radius 1 is 1.07 bits per heavy atom. The van der Waals surface area contributed by atoms with E-state index in [1.165, 1.54) is 0 Å². The van der Waals surface area contributed by atoms with E-state index >= 15 is 0 Å². The van der Waals surface area contributed by atoms with E-state index in [0.29, 0.717) is 45.2 Å². The number of amides is 1. The van der Waals surface area contributed by atoms with Gasteiger partial charge in [0.15, 0.2) is 0 Å². The average molecular weight is 425 g/mol. The fraction of sp³-hybridized carbons (Fsp3) is 0.211. The molecule has 0 N–H and O–H groups in total. The van der Waals surface area contributed by atoms with Gasteiger partial charge in [-0.15, -0.1) is 0 Å². The van der Waals surface area contributed by atoms with Gasteiger partial charge < -0.3 is 9.42 Å². The van der Waals surface area contributed by atoms with Gasteiger partial charge in [0.2, 0.25) is 17.6 Å². The molecule has 0 bridgehead atoms. The molecule has 1 amide bonds. The lowest BCUT2D eigenvalue weighted by Gasteiger charge is -2.14. The summed E-state index contributed by atoms with van der Waals surface area (Å²) in [6.45, 7) is 0.220. The summed E-state index contributed by atoms with van der Waals surface area (Å²) in [5.41, 5.74) is 1.63. The van der Waals surface area contributed by atoms with Gasteiger partial charge in [0.1, 0.15) is 0 Å². The third-order valence-electron chi connectivity index (χ3n) is 3.99. The van der Waals surface area contributed by atoms with Crippen LogP contribution in [-0.4, -0.2) is 28.0 Å². The van der Waals surface area contributed by atoms with E-state index in [1.807, 2.05) is 24.3 Å². The van der Waals surface area contributed by atoms with E-state index in [1.54, 1.807) is 30.1 Å². The summed E-state index contributed by atoms with van der Waals surface area (Å²) in [6.07, 6.45) is 0.898. The van der Waals surface area contributed by atoms with E-state index in [4.69, 9.17) is 39.3 Å². The van der Waals surface area contributed by atoms with Gasteiger partial charge in [0, 0.05) is 19.0 Å². The third-order valence-corrected chi connectivity index (χ3v) is 5.06. The van der Waals surface area contributed by atoms with Crippen molar-refractivity contribution in [3.8, 4) is 11.4 Å². The van der Waals surface area contributed by atoms with Gasteiger partial charge >= 0.3 is 0 Å². The maximum absolute atomic E-state index is 12.4. The number of halogens is 3. The first-order valence-corrected chi connectivity index (χ1v) is 9.33. The smallest absolute Gasteiger partial charge is 0.246 e. The maximum Gasteiger partial charge on any atom is 0.246 e.